The monoisotopic (exact) mass is 265 g/mol. The van der Waals surface area contributed by atoms with Crippen LogP contribution >= 0.6 is 11.6 Å². The molecule has 98 valence electrons. The summed E-state index contributed by atoms with van der Waals surface area (Å²) in [4.78, 5) is 12.5. The molecule has 1 atom stereocenters. The minimum absolute atomic E-state index is 0.172. The summed E-state index contributed by atoms with van der Waals surface area (Å²) >= 11 is 5.91. The van der Waals surface area contributed by atoms with Gasteiger partial charge >= 0.3 is 0 Å². The Kier molecular flexibility index (Phi) is 3.96. The van der Waals surface area contributed by atoms with Gasteiger partial charge in [-0.25, -0.2) is 0 Å². The third-order valence-corrected chi connectivity index (χ3v) is 4.28. The quantitative estimate of drug-likeness (QED) is 0.884. The number of carbonyl (C=O) groups is 1. The van der Waals surface area contributed by atoms with Gasteiger partial charge in [0.2, 0.25) is 5.91 Å². The molecular weight excluding hydrogens is 246 g/mol. The van der Waals surface area contributed by atoms with E-state index in [9.17, 15) is 4.79 Å². The van der Waals surface area contributed by atoms with Crippen molar-refractivity contribution in [2.75, 3.05) is 0 Å². The fraction of sp³-hybridized carbons (Fsp3) is 0.533. The number of halogens is 1. The molecule has 1 aromatic carbocycles. The van der Waals surface area contributed by atoms with Crippen LogP contribution in [0.25, 0.3) is 0 Å². The summed E-state index contributed by atoms with van der Waals surface area (Å²) in [6.45, 7) is 4.13. The lowest BCUT2D eigenvalue weighted by molar-refractivity contribution is -0.130. The summed E-state index contributed by atoms with van der Waals surface area (Å²) in [7, 11) is 0. The number of hydrogen-bond acceptors (Lipinski definition) is 1. The Hall–Kier alpha value is -1.02. The van der Waals surface area contributed by atoms with Gasteiger partial charge in [0.1, 0.15) is 0 Å². The van der Waals surface area contributed by atoms with Crippen LogP contribution in [-0.4, -0.2) is 11.9 Å². The summed E-state index contributed by atoms with van der Waals surface area (Å²) in [6, 6.07) is 7.94. The molecule has 18 heavy (non-hydrogen) atoms. The number of benzene rings is 1. The molecule has 1 aliphatic carbocycles. The van der Waals surface area contributed by atoms with Crippen molar-refractivity contribution in [1.82, 2.24) is 5.32 Å². The smallest absolute Gasteiger partial charge is 0.230 e. The third kappa shape index (κ3) is 2.39. The Morgan fingerprint density at radius 2 is 2.00 bits per heavy atom. The van der Waals surface area contributed by atoms with Crippen molar-refractivity contribution < 1.29 is 4.79 Å². The van der Waals surface area contributed by atoms with Crippen molar-refractivity contribution in [1.29, 1.82) is 0 Å². The highest BCUT2D eigenvalue weighted by Gasteiger charge is 2.45. The van der Waals surface area contributed by atoms with E-state index in [1.807, 2.05) is 31.2 Å². The molecule has 0 saturated heterocycles. The molecule has 1 unspecified atom stereocenters. The molecule has 1 amide bonds. The van der Waals surface area contributed by atoms with Crippen molar-refractivity contribution in [2.24, 2.45) is 0 Å². The minimum atomic E-state index is -0.311. The van der Waals surface area contributed by atoms with Gasteiger partial charge in [-0.2, -0.15) is 0 Å². The maximum absolute atomic E-state index is 12.5. The number of rotatable bonds is 4. The lowest BCUT2D eigenvalue weighted by Gasteiger charge is -2.41. The molecule has 1 saturated carbocycles. The molecule has 2 rings (SSSR count). The molecule has 2 nitrogen and oxygen atoms in total. The highest BCUT2D eigenvalue weighted by atomic mass is 35.5. The predicted molar refractivity (Wildman–Crippen MR) is 74.9 cm³/mol. The van der Waals surface area contributed by atoms with Gasteiger partial charge in [0.05, 0.1) is 5.41 Å². The zero-order valence-corrected chi connectivity index (χ0v) is 11.8. The summed E-state index contributed by atoms with van der Waals surface area (Å²) < 4.78 is 0. The number of hydrogen-bond donors (Lipinski definition) is 1. The van der Waals surface area contributed by atoms with Crippen LogP contribution in [0.5, 0.6) is 0 Å². The van der Waals surface area contributed by atoms with E-state index in [0.29, 0.717) is 0 Å². The maximum Gasteiger partial charge on any atom is 0.230 e. The fourth-order valence-corrected chi connectivity index (χ4v) is 2.54. The van der Waals surface area contributed by atoms with Crippen LogP contribution in [0.3, 0.4) is 0 Å². The first-order valence-corrected chi connectivity index (χ1v) is 7.03. The van der Waals surface area contributed by atoms with Crippen LogP contribution in [0, 0.1) is 0 Å². The average Bonchev–Trinajstić information content (AvgIpc) is 2.30. The molecule has 0 radical (unpaired) electrons. The number of nitrogens with one attached hydrogen (secondary N) is 1. The Labute approximate surface area is 114 Å². The van der Waals surface area contributed by atoms with Crippen molar-refractivity contribution in [3.8, 4) is 0 Å². The number of amides is 1. The lowest BCUT2D eigenvalue weighted by atomic mass is 9.63. The highest BCUT2D eigenvalue weighted by molar-refractivity contribution is 6.30. The van der Waals surface area contributed by atoms with Crippen LogP contribution in [-0.2, 0) is 10.2 Å². The summed E-state index contributed by atoms with van der Waals surface area (Å²) in [5, 5.41) is 3.83. The van der Waals surface area contributed by atoms with Gasteiger partial charge in [-0.15, -0.1) is 0 Å². The summed E-state index contributed by atoms with van der Waals surface area (Å²) in [6.07, 6.45) is 3.97. The van der Waals surface area contributed by atoms with Gasteiger partial charge in [0.15, 0.2) is 0 Å². The molecule has 0 aromatic heterocycles. The van der Waals surface area contributed by atoms with Crippen molar-refractivity contribution >= 4 is 17.5 Å². The third-order valence-electron chi connectivity index (χ3n) is 4.03. The molecule has 1 N–H and O–H groups in total. The summed E-state index contributed by atoms with van der Waals surface area (Å²) in [5.41, 5.74) is 0.785. The van der Waals surface area contributed by atoms with E-state index in [1.54, 1.807) is 0 Å². The Bertz CT molecular complexity index is 423. The lowest BCUT2D eigenvalue weighted by Crippen LogP contribution is -2.51. The van der Waals surface area contributed by atoms with Gasteiger partial charge < -0.3 is 5.32 Å². The normalized spacial score (nSPS) is 18.8. The van der Waals surface area contributed by atoms with E-state index in [2.05, 4.69) is 12.2 Å². The molecule has 1 aromatic rings. The second kappa shape index (κ2) is 5.31. The molecule has 0 bridgehead atoms. The van der Waals surface area contributed by atoms with Crippen LogP contribution in [0.15, 0.2) is 24.3 Å². The van der Waals surface area contributed by atoms with Crippen LogP contribution in [0.4, 0.5) is 0 Å². The molecular formula is C15H20ClNO. The van der Waals surface area contributed by atoms with Crippen LogP contribution in [0.2, 0.25) is 5.02 Å². The Balaban J connectivity index is 2.20. The first-order chi connectivity index (χ1) is 8.58. The maximum atomic E-state index is 12.5. The Morgan fingerprint density at radius 1 is 1.39 bits per heavy atom. The second-order valence-electron chi connectivity index (χ2n) is 5.23. The highest BCUT2D eigenvalue weighted by Crippen LogP contribution is 2.44. The topological polar surface area (TPSA) is 29.1 Å². The first-order valence-electron chi connectivity index (χ1n) is 6.65. The SMILES string of the molecule is CCC(C)NC(=O)C1(c2ccc(Cl)cc2)CCC1. The zero-order valence-electron chi connectivity index (χ0n) is 11.0. The molecule has 0 aliphatic heterocycles. The van der Waals surface area contributed by atoms with E-state index in [4.69, 9.17) is 11.6 Å². The van der Waals surface area contributed by atoms with Crippen molar-refractivity contribution in [3.63, 3.8) is 0 Å². The summed E-state index contributed by atoms with van der Waals surface area (Å²) in [5.74, 6) is 0.172. The van der Waals surface area contributed by atoms with E-state index in [1.165, 1.54) is 0 Å². The van der Waals surface area contributed by atoms with Gasteiger partial charge in [-0.05, 0) is 43.9 Å². The van der Waals surface area contributed by atoms with E-state index in [0.717, 1.165) is 36.3 Å². The second-order valence-corrected chi connectivity index (χ2v) is 5.66. The molecule has 1 aliphatic rings. The van der Waals surface area contributed by atoms with E-state index in [-0.39, 0.29) is 17.4 Å². The Morgan fingerprint density at radius 3 is 2.44 bits per heavy atom. The zero-order chi connectivity index (χ0) is 13.2. The van der Waals surface area contributed by atoms with Crippen molar-refractivity contribution in [3.05, 3.63) is 34.9 Å². The molecule has 3 heteroatoms. The first kappa shape index (κ1) is 13.4. The van der Waals surface area contributed by atoms with Crippen LogP contribution < -0.4 is 5.32 Å². The van der Waals surface area contributed by atoms with E-state index >= 15 is 0 Å². The van der Waals surface area contributed by atoms with Gasteiger partial charge in [0.25, 0.3) is 0 Å². The molecule has 1 fully saturated rings. The fourth-order valence-electron chi connectivity index (χ4n) is 2.41. The molecule has 0 heterocycles. The minimum Gasteiger partial charge on any atom is -0.353 e. The van der Waals surface area contributed by atoms with Crippen molar-refractivity contribution in [2.45, 2.75) is 51.0 Å². The standard InChI is InChI=1S/C15H20ClNO/c1-3-11(2)17-14(18)15(9-4-10-15)12-5-7-13(16)8-6-12/h5-8,11H,3-4,9-10H2,1-2H3,(H,17,18). The largest absolute Gasteiger partial charge is 0.353 e. The van der Waals surface area contributed by atoms with Crippen LogP contribution in [0.1, 0.15) is 45.1 Å². The van der Waals surface area contributed by atoms with Gasteiger partial charge in [-0.1, -0.05) is 37.1 Å². The number of carbonyl (C=O) groups excluding carboxylic acids is 1. The average molecular weight is 266 g/mol. The van der Waals surface area contributed by atoms with Gasteiger partial charge in [0, 0.05) is 11.1 Å². The predicted octanol–water partition coefficient (Wildman–Crippen LogP) is 3.68. The van der Waals surface area contributed by atoms with Gasteiger partial charge in [-0.3, -0.25) is 4.79 Å². The molecule has 0 spiro atoms. The van der Waals surface area contributed by atoms with E-state index < -0.39 is 0 Å².